The molecule has 0 aliphatic carbocycles. The zero-order valence-corrected chi connectivity index (χ0v) is 16.6. The molecule has 0 bridgehead atoms. The predicted octanol–water partition coefficient (Wildman–Crippen LogP) is 3.38. The summed E-state index contributed by atoms with van der Waals surface area (Å²) < 4.78 is 0. The molecule has 2 aromatic carbocycles. The Morgan fingerprint density at radius 3 is 1.86 bits per heavy atom. The number of benzene rings is 2. The fraction of sp³-hybridized carbons (Fsp3) is 0.227. The summed E-state index contributed by atoms with van der Waals surface area (Å²) >= 11 is 0. The number of amides is 1. The lowest BCUT2D eigenvalue weighted by molar-refractivity contribution is -0.116. The van der Waals surface area contributed by atoms with Crippen molar-refractivity contribution in [2.75, 3.05) is 43.3 Å². The Hall–Kier alpha value is -3.41. The van der Waals surface area contributed by atoms with Gasteiger partial charge in [0.05, 0.1) is 12.1 Å². The fourth-order valence-corrected chi connectivity index (χ4v) is 3.00. The van der Waals surface area contributed by atoms with Crippen LogP contribution in [-0.2, 0) is 4.79 Å². The zero-order valence-electron chi connectivity index (χ0n) is 16.6. The lowest BCUT2D eigenvalue weighted by atomic mass is 9.90. The summed E-state index contributed by atoms with van der Waals surface area (Å²) in [5.41, 5.74) is 2.45. The number of carbonyl (C=O) groups excluding carboxylic acids is 1. The number of rotatable bonds is 6. The van der Waals surface area contributed by atoms with Crippen molar-refractivity contribution in [1.82, 2.24) is 9.97 Å². The topological polar surface area (TPSA) is 61.4 Å². The Bertz CT molecular complexity index is 887. The predicted molar refractivity (Wildman–Crippen MR) is 114 cm³/mol. The molecule has 1 aromatic heterocycles. The van der Waals surface area contributed by atoms with Gasteiger partial charge in [0.15, 0.2) is 5.82 Å². The molecule has 0 unspecified atom stereocenters. The van der Waals surface area contributed by atoms with Crippen LogP contribution in [0.4, 0.5) is 17.5 Å². The third kappa shape index (κ3) is 4.28. The van der Waals surface area contributed by atoms with Crippen LogP contribution < -0.4 is 15.1 Å². The minimum atomic E-state index is -0.425. The molecule has 0 spiro atoms. The minimum absolute atomic E-state index is 0.123. The van der Waals surface area contributed by atoms with Gasteiger partial charge in [-0.1, -0.05) is 60.7 Å². The monoisotopic (exact) mass is 375 g/mol. The van der Waals surface area contributed by atoms with E-state index in [2.05, 4.69) is 15.3 Å². The second-order valence-corrected chi connectivity index (χ2v) is 6.94. The van der Waals surface area contributed by atoms with E-state index in [1.165, 1.54) is 0 Å². The quantitative estimate of drug-likeness (QED) is 0.716. The van der Waals surface area contributed by atoms with E-state index < -0.39 is 5.92 Å². The normalized spacial score (nSPS) is 10.6. The van der Waals surface area contributed by atoms with E-state index in [0.717, 1.165) is 11.1 Å². The average Bonchev–Trinajstić information content (AvgIpc) is 2.69. The van der Waals surface area contributed by atoms with E-state index in [1.54, 1.807) is 6.20 Å². The smallest absolute Gasteiger partial charge is 0.236 e. The first-order valence-corrected chi connectivity index (χ1v) is 9.10. The van der Waals surface area contributed by atoms with Crippen LogP contribution in [0, 0.1) is 0 Å². The molecule has 3 rings (SSSR count). The van der Waals surface area contributed by atoms with Crippen molar-refractivity contribution >= 4 is 23.4 Å². The second kappa shape index (κ2) is 8.52. The van der Waals surface area contributed by atoms with Crippen LogP contribution in [0.2, 0.25) is 0 Å². The van der Waals surface area contributed by atoms with E-state index in [1.807, 2.05) is 98.7 Å². The van der Waals surface area contributed by atoms with Crippen LogP contribution in [0.15, 0.2) is 66.9 Å². The van der Waals surface area contributed by atoms with Gasteiger partial charge in [0.1, 0.15) is 5.69 Å². The average molecular weight is 375 g/mol. The number of hydrogen-bond acceptors (Lipinski definition) is 5. The Morgan fingerprint density at radius 1 is 0.857 bits per heavy atom. The summed E-state index contributed by atoms with van der Waals surface area (Å²) in [7, 11) is 7.55. The van der Waals surface area contributed by atoms with Gasteiger partial charge >= 0.3 is 0 Å². The highest BCUT2D eigenvalue weighted by atomic mass is 16.1. The molecule has 1 N–H and O–H groups in total. The first-order chi connectivity index (χ1) is 13.5. The van der Waals surface area contributed by atoms with Gasteiger partial charge in [-0.05, 0) is 11.1 Å². The first-order valence-electron chi connectivity index (χ1n) is 9.10. The highest BCUT2D eigenvalue weighted by Gasteiger charge is 2.24. The van der Waals surface area contributed by atoms with Gasteiger partial charge in [-0.15, -0.1) is 0 Å². The van der Waals surface area contributed by atoms with Crippen LogP contribution in [-0.4, -0.2) is 44.1 Å². The van der Waals surface area contributed by atoms with Crippen LogP contribution in [0.3, 0.4) is 0 Å². The maximum atomic E-state index is 13.3. The molecule has 0 saturated heterocycles. The van der Waals surface area contributed by atoms with Crippen molar-refractivity contribution in [3.05, 3.63) is 78.0 Å². The van der Waals surface area contributed by atoms with E-state index in [0.29, 0.717) is 17.5 Å². The van der Waals surface area contributed by atoms with Gasteiger partial charge in [0.2, 0.25) is 11.9 Å². The first kappa shape index (κ1) is 19.4. The highest BCUT2D eigenvalue weighted by Crippen LogP contribution is 2.29. The molecule has 0 radical (unpaired) electrons. The summed E-state index contributed by atoms with van der Waals surface area (Å²) in [5.74, 6) is 0.698. The van der Waals surface area contributed by atoms with E-state index in [-0.39, 0.29) is 5.91 Å². The summed E-state index contributed by atoms with van der Waals surface area (Å²) in [6.07, 6.45) is 1.66. The number of nitrogens with one attached hydrogen (secondary N) is 1. The lowest BCUT2D eigenvalue weighted by Crippen LogP contribution is -2.25. The van der Waals surface area contributed by atoms with E-state index in [4.69, 9.17) is 0 Å². The molecule has 1 heterocycles. The Kier molecular flexibility index (Phi) is 5.89. The van der Waals surface area contributed by atoms with Gasteiger partial charge in [-0.25, -0.2) is 4.98 Å². The molecule has 0 atom stereocenters. The minimum Gasteiger partial charge on any atom is -0.361 e. The second-order valence-electron chi connectivity index (χ2n) is 6.94. The molecule has 6 nitrogen and oxygen atoms in total. The number of anilines is 3. The lowest BCUT2D eigenvalue weighted by Gasteiger charge is -2.22. The zero-order chi connectivity index (χ0) is 20.1. The van der Waals surface area contributed by atoms with Crippen molar-refractivity contribution in [2.45, 2.75) is 5.92 Å². The van der Waals surface area contributed by atoms with Crippen LogP contribution in [0.25, 0.3) is 0 Å². The summed E-state index contributed by atoms with van der Waals surface area (Å²) in [6.45, 7) is 0. The Morgan fingerprint density at radius 2 is 1.39 bits per heavy atom. The fourth-order valence-electron chi connectivity index (χ4n) is 3.00. The summed E-state index contributed by atoms with van der Waals surface area (Å²) in [5, 5.41) is 3.03. The van der Waals surface area contributed by atoms with Gasteiger partial charge in [0.25, 0.3) is 0 Å². The van der Waals surface area contributed by atoms with Crippen molar-refractivity contribution in [2.24, 2.45) is 0 Å². The number of carbonyl (C=O) groups is 1. The molecule has 0 saturated carbocycles. The standard InChI is InChI=1S/C22H25N5O/c1-26(2)20-18(15-23-22(25-20)27(3)4)24-21(28)19(16-11-7-5-8-12-16)17-13-9-6-10-14-17/h5-15,19H,1-4H3,(H,24,28). The molecule has 1 amide bonds. The Balaban J connectivity index is 1.97. The molecule has 6 heteroatoms. The van der Waals surface area contributed by atoms with Crippen molar-refractivity contribution in [1.29, 1.82) is 0 Å². The number of hydrogen-bond donors (Lipinski definition) is 1. The summed E-state index contributed by atoms with van der Waals surface area (Å²) in [4.78, 5) is 25.9. The van der Waals surface area contributed by atoms with Crippen LogP contribution in [0.5, 0.6) is 0 Å². The third-order valence-electron chi connectivity index (χ3n) is 4.37. The van der Waals surface area contributed by atoms with E-state index >= 15 is 0 Å². The highest BCUT2D eigenvalue weighted by molar-refractivity contribution is 6.00. The molecular weight excluding hydrogens is 350 g/mol. The SMILES string of the molecule is CN(C)c1ncc(NC(=O)C(c2ccccc2)c2ccccc2)c(N(C)C)n1. The molecule has 144 valence electrons. The molecule has 0 aliphatic heterocycles. The van der Waals surface area contributed by atoms with Crippen LogP contribution in [0.1, 0.15) is 17.0 Å². The molecule has 28 heavy (non-hydrogen) atoms. The van der Waals surface area contributed by atoms with Gasteiger partial charge < -0.3 is 15.1 Å². The molecule has 3 aromatic rings. The largest absolute Gasteiger partial charge is 0.361 e. The van der Waals surface area contributed by atoms with Crippen molar-refractivity contribution in [3.8, 4) is 0 Å². The van der Waals surface area contributed by atoms with Crippen LogP contribution >= 0.6 is 0 Å². The Labute approximate surface area is 165 Å². The maximum absolute atomic E-state index is 13.3. The van der Waals surface area contributed by atoms with Crippen molar-refractivity contribution in [3.63, 3.8) is 0 Å². The maximum Gasteiger partial charge on any atom is 0.236 e. The van der Waals surface area contributed by atoms with Crippen molar-refractivity contribution < 1.29 is 4.79 Å². The number of nitrogens with zero attached hydrogens (tertiary/aromatic N) is 4. The number of aromatic nitrogens is 2. The van der Waals surface area contributed by atoms with Gasteiger partial charge in [-0.3, -0.25) is 4.79 Å². The van der Waals surface area contributed by atoms with E-state index in [9.17, 15) is 4.79 Å². The van der Waals surface area contributed by atoms with Gasteiger partial charge in [0, 0.05) is 28.2 Å². The molecule has 0 aliphatic rings. The molecule has 0 fully saturated rings. The molecular formula is C22H25N5O. The third-order valence-corrected chi connectivity index (χ3v) is 4.37. The summed E-state index contributed by atoms with van der Waals surface area (Å²) in [6, 6.07) is 19.5. The van der Waals surface area contributed by atoms with Gasteiger partial charge in [-0.2, -0.15) is 4.98 Å².